The lowest BCUT2D eigenvalue weighted by molar-refractivity contribution is 0.250. The summed E-state index contributed by atoms with van der Waals surface area (Å²) < 4.78 is 0. The van der Waals surface area contributed by atoms with Crippen LogP contribution in [-0.2, 0) is 0 Å². The molecule has 0 aromatic heterocycles. The summed E-state index contributed by atoms with van der Waals surface area (Å²) >= 11 is 1.88. The highest BCUT2D eigenvalue weighted by molar-refractivity contribution is 7.98. The second-order valence-corrected chi connectivity index (χ2v) is 5.97. The number of nitrogens with zero attached hydrogens (tertiary/aromatic N) is 1. The van der Waals surface area contributed by atoms with E-state index < -0.39 is 0 Å². The Bertz CT molecular complexity index is 380. The van der Waals surface area contributed by atoms with Gasteiger partial charge in [-0.2, -0.15) is 11.8 Å². The molecule has 1 aromatic carbocycles. The van der Waals surface area contributed by atoms with Crippen molar-refractivity contribution in [2.24, 2.45) is 5.73 Å². The van der Waals surface area contributed by atoms with Crippen LogP contribution < -0.4 is 5.73 Å². The smallest absolute Gasteiger partial charge is 0.0995 e. The molecule has 0 bridgehead atoms. The summed E-state index contributed by atoms with van der Waals surface area (Å²) in [6, 6.07) is 10.6. The monoisotopic (exact) mass is 279 g/mol. The molecular formula is C15H25N3S. The fraction of sp³-hybridized carbons (Fsp3) is 0.533. The van der Waals surface area contributed by atoms with E-state index in [1.807, 2.05) is 42.1 Å². The number of hydrogen-bond acceptors (Lipinski definition) is 3. The van der Waals surface area contributed by atoms with Gasteiger partial charge in [0, 0.05) is 12.6 Å². The van der Waals surface area contributed by atoms with Gasteiger partial charge < -0.3 is 10.6 Å². The molecular weight excluding hydrogens is 254 g/mol. The average molecular weight is 279 g/mol. The number of thioether (sulfide) groups is 1. The Morgan fingerprint density at radius 3 is 2.53 bits per heavy atom. The van der Waals surface area contributed by atoms with E-state index in [1.165, 1.54) is 5.75 Å². The first-order valence-corrected chi connectivity index (χ1v) is 8.03. The molecule has 0 radical (unpaired) electrons. The zero-order valence-electron chi connectivity index (χ0n) is 12.1. The Labute approximate surface area is 121 Å². The van der Waals surface area contributed by atoms with E-state index in [1.54, 1.807) is 0 Å². The van der Waals surface area contributed by atoms with Crippen LogP contribution in [0.2, 0.25) is 0 Å². The largest absolute Gasteiger partial charge is 0.387 e. The number of amidine groups is 1. The highest BCUT2D eigenvalue weighted by Crippen LogP contribution is 2.18. The first-order chi connectivity index (χ1) is 9.06. The van der Waals surface area contributed by atoms with Crippen LogP contribution in [0.3, 0.4) is 0 Å². The quantitative estimate of drug-likeness (QED) is 0.568. The number of nitrogens with one attached hydrogen (secondary N) is 1. The molecule has 4 heteroatoms. The molecule has 0 amide bonds. The maximum atomic E-state index is 7.81. The second kappa shape index (κ2) is 8.23. The van der Waals surface area contributed by atoms with Crippen molar-refractivity contribution in [1.82, 2.24) is 4.90 Å². The van der Waals surface area contributed by atoms with Crippen molar-refractivity contribution in [3.05, 3.63) is 35.9 Å². The van der Waals surface area contributed by atoms with E-state index in [2.05, 4.69) is 25.1 Å². The van der Waals surface area contributed by atoms with Gasteiger partial charge in [0.25, 0.3) is 0 Å². The van der Waals surface area contributed by atoms with Crippen molar-refractivity contribution < 1.29 is 0 Å². The zero-order valence-corrected chi connectivity index (χ0v) is 12.9. The predicted octanol–water partition coefficient (Wildman–Crippen LogP) is 2.78. The van der Waals surface area contributed by atoms with Crippen LogP contribution in [0.25, 0.3) is 0 Å². The van der Waals surface area contributed by atoms with Crippen LogP contribution in [-0.4, -0.2) is 42.4 Å². The maximum Gasteiger partial charge on any atom is 0.0995 e. The minimum absolute atomic E-state index is 0.0112. The maximum absolute atomic E-state index is 7.81. The van der Waals surface area contributed by atoms with Crippen LogP contribution in [0.15, 0.2) is 30.3 Å². The van der Waals surface area contributed by atoms with Gasteiger partial charge in [-0.15, -0.1) is 0 Å². The Hall–Kier alpha value is -1.00. The van der Waals surface area contributed by atoms with Gasteiger partial charge in [-0.05, 0) is 38.0 Å². The molecule has 106 valence electrons. The molecule has 3 nitrogen and oxygen atoms in total. The molecule has 0 aliphatic carbocycles. The summed E-state index contributed by atoms with van der Waals surface area (Å²) in [6.07, 6.45) is 3.30. The van der Waals surface area contributed by atoms with Gasteiger partial charge in [-0.25, -0.2) is 0 Å². The van der Waals surface area contributed by atoms with Crippen molar-refractivity contribution in [2.75, 3.05) is 25.6 Å². The van der Waals surface area contributed by atoms with Crippen molar-refractivity contribution in [1.29, 1.82) is 5.41 Å². The number of benzene rings is 1. The van der Waals surface area contributed by atoms with E-state index in [9.17, 15) is 0 Å². The van der Waals surface area contributed by atoms with Crippen molar-refractivity contribution >= 4 is 17.6 Å². The van der Waals surface area contributed by atoms with Crippen LogP contribution >= 0.6 is 11.8 Å². The van der Waals surface area contributed by atoms with Gasteiger partial charge in [-0.1, -0.05) is 30.3 Å². The lowest BCUT2D eigenvalue weighted by Crippen LogP contribution is -2.37. The number of nitrogens with two attached hydrogens (primary N) is 1. The standard InChI is InChI=1S/C15H25N3S/c1-12(9-10-19-3)18(2)11-14(15(16)17)13-7-5-4-6-8-13/h4-8,12,14H,9-11H2,1-3H3,(H3,16,17). The van der Waals surface area contributed by atoms with E-state index in [0.717, 1.165) is 18.5 Å². The third-order valence-corrected chi connectivity index (χ3v) is 4.18. The molecule has 2 unspecified atom stereocenters. The van der Waals surface area contributed by atoms with E-state index >= 15 is 0 Å². The Kier molecular flexibility index (Phi) is 6.95. The predicted molar refractivity (Wildman–Crippen MR) is 86.2 cm³/mol. The lowest BCUT2D eigenvalue weighted by Gasteiger charge is -2.28. The molecule has 0 heterocycles. The molecule has 0 aliphatic rings. The third-order valence-electron chi connectivity index (χ3n) is 3.54. The molecule has 1 aromatic rings. The van der Waals surface area contributed by atoms with Gasteiger partial charge in [0.15, 0.2) is 0 Å². The van der Waals surface area contributed by atoms with E-state index in [-0.39, 0.29) is 11.8 Å². The van der Waals surface area contributed by atoms with Crippen LogP contribution in [0.1, 0.15) is 24.8 Å². The summed E-state index contributed by atoms with van der Waals surface area (Å²) in [5.74, 6) is 1.40. The minimum Gasteiger partial charge on any atom is -0.387 e. The minimum atomic E-state index is -0.0112. The van der Waals surface area contributed by atoms with Crippen molar-refractivity contribution in [2.45, 2.75) is 25.3 Å². The van der Waals surface area contributed by atoms with E-state index in [0.29, 0.717) is 6.04 Å². The summed E-state index contributed by atoms with van der Waals surface area (Å²) in [6.45, 7) is 3.04. The third kappa shape index (κ3) is 5.25. The Balaban J connectivity index is 2.67. The molecule has 0 saturated heterocycles. The highest BCUT2D eigenvalue weighted by atomic mass is 32.2. The van der Waals surface area contributed by atoms with Crippen molar-refractivity contribution in [3.8, 4) is 0 Å². The van der Waals surface area contributed by atoms with Gasteiger partial charge in [0.05, 0.1) is 11.8 Å². The Morgan fingerprint density at radius 1 is 1.37 bits per heavy atom. The lowest BCUT2D eigenvalue weighted by atomic mass is 9.97. The SMILES string of the molecule is CSCCC(C)N(C)CC(C(=N)N)c1ccccc1. The summed E-state index contributed by atoms with van der Waals surface area (Å²) in [5, 5.41) is 7.81. The normalized spacial score (nSPS) is 14.3. The van der Waals surface area contributed by atoms with Crippen LogP contribution in [0.5, 0.6) is 0 Å². The summed E-state index contributed by atoms with van der Waals surface area (Å²) in [5.41, 5.74) is 6.89. The topological polar surface area (TPSA) is 53.1 Å². The Morgan fingerprint density at radius 2 is 2.00 bits per heavy atom. The molecule has 0 fully saturated rings. The molecule has 19 heavy (non-hydrogen) atoms. The molecule has 0 aliphatic heterocycles. The number of rotatable bonds is 8. The first-order valence-electron chi connectivity index (χ1n) is 6.64. The molecule has 2 atom stereocenters. The average Bonchev–Trinajstić information content (AvgIpc) is 2.42. The van der Waals surface area contributed by atoms with E-state index in [4.69, 9.17) is 11.1 Å². The van der Waals surface area contributed by atoms with Crippen LogP contribution in [0.4, 0.5) is 0 Å². The van der Waals surface area contributed by atoms with Gasteiger partial charge in [-0.3, -0.25) is 5.41 Å². The number of hydrogen-bond donors (Lipinski definition) is 2. The van der Waals surface area contributed by atoms with Gasteiger partial charge in [0.1, 0.15) is 0 Å². The summed E-state index contributed by atoms with van der Waals surface area (Å²) in [7, 11) is 2.11. The molecule has 0 saturated carbocycles. The second-order valence-electron chi connectivity index (χ2n) is 4.99. The molecule has 0 spiro atoms. The fourth-order valence-electron chi connectivity index (χ4n) is 2.05. The molecule has 1 rings (SSSR count). The van der Waals surface area contributed by atoms with Crippen molar-refractivity contribution in [3.63, 3.8) is 0 Å². The zero-order chi connectivity index (χ0) is 14.3. The van der Waals surface area contributed by atoms with Crippen LogP contribution in [0, 0.1) is 5.41 Å². The number of likely N-dealkylation sites (N-methyl/N-ethyl adjacent to an activating group) is 1. The molecule has 3 N–H and O–H groups in total. The van der Waals surface area contributed by atoms with Gasteiger partial charge in [0.2, 0.25) is 0 Å². The fourth-order valence-corrected chi connectivity index (χ4v) is 2.62. The first kappa shape index (κ1) is 16.1. The summed E-state index contributed by atoms with van der Waals surface area (Å²) in [4.78, 5) is 2.30. The highest BCUT2D eigenvalue weighted by Gasteiger charge is 2.19. The van der Waals surface area contributed by atoms with Gasteiger partial charge >= 0.3 is 0 Å².